The van der Waals surface area contributed by atoms with Crippen LogP contribution in [0.15, 0.2) is 24.4 Å². The van der Waals surface area contributed by atoms with Gasteiger partial charge in [-0.15, -0.1) is 0 Å². The molecule has 1 aliphatic rings. The number of fused-ring (bicyclic) bond motifs is 1. The van der Waals surface area contributed by atoms with Crippen LogP contribution in [-0.4, -0.2) is 63.3 Å². The molecule has 2 aromatic rings. The summed E-state index contributed by atoms with van der Waals surface area (Å²) in [6, 6.07) is 4.49. The Labute approximate surface area is 149 Å². The van der Waals surface area contributed by atoms with E-state index in [2.05, 4.69) is 0 Å². The van der Waals surface area contributed by atoms with Gasteiger partial charge in [0.1, 0.15) is 18.3 Å². The molecule has 3 rings (SSSR count). The number of carbonyl (C=O) groups is 2. The SMILES string of the molecule is COc1ccc2c(c1)c([C@@H](C(=O)O)N1CCSCC1)cn2CC(=O)O. The first kappa shape index (κ1) is 17.6. The molecule has 7 nitrogen and oxygen atoms in total. The molecule has 0 saturated carbocycles. The van der Waals surface area contributed by atoms with Crippen molar-refractivity contribution in [3.8, 4) is 5.75 Å². The molecule has 0 bridgehead atoms. The second-order valence-corrected chi connectivity index (χ2v) is 7.10. The number of ether oxygens (including phenoxy) is 1. The zero-order chi connectivity index (χ0) is 18.0. The van der Waals surface area contributed by atoms with E-state index in [0.29, 0.717) is 35.3 Å². The van der Waals surface area contributed by atoms with Crippen LogP contribution in [0.1, 0.15) is 11.6 Å². The molecular weight excluding hydrogens is 344 g/mol. The van der Waals surface area contributed by atoms with Gasteiger partial charge in [-0.05, 0) is 18.2 Å². The summed E-state index contributed by atoms with van der Waals surface area (Å²) in [5.74, 6) is 0.492. The second kappa shape index (κ2) is 7.37. The first-order valence-electron chi connectivity index (χ1n) is 7.94. The Balaban J connectivity index is 2.14. The first-order chi connectivity index (χ1) is 12.0. The van der Waals surface area contributed by atoms with Crippen molar-refractivity contribution < 1.29 is 24.5 Å². The lowest BCUT2D eigenvalue weighted by atomic mass is 10.0. The van der Waals surface area contributed by atoms with E-state index in [0.717, 1.165) is 11.5 Å². The highest BCUT2D eigenvalue weighted by Crippen LogP contribution is 2.34. The van der Waals surface area contributed by atoms with Crippen molar-refractivity contribution in [1.29, 1.82) is 0 Å². The van der Waals surface area contributed by atoms with Crippen LogP contribution in [0.4, 0.5) is 0 Å². The highest BCUT2D eigenvalue weighted by molar-refractivity contribution is 7.99. The smallest absolute Gasteiger partial charge is 0.325 e. The predicted molar refractivity (Wildman–Crippen MR) is 95.4 cm³/mol. The van der Waals surface area contributed by atoms with Crippen molar-refractivity contribution in [2.24, 2.45) is 0 Å². The number of carboxylic acids is 2. The molecule has 1 aromatic heterocycles. The highest BCUT2D eigenvalue weighted by atomic mass is 32.2. The van der Waals surface area contributed by atoms with E-state index in [-0.39, 0.29) is 6.54 Å². The summed E-state index contributed by atoms with van der Waals surface area (Å²) in [5, 5.41) is 19.7. The number of nitrogens with zero attached hydrogens (tertiary/aromatic N) is 2. The number of benzene rings is 1. The van der Waals surface area contributed by atoms with Gasteiger partial charge in [0.25, 0.3) is 0 Å². The van der Waals surface area contributed by atoms with Gasteiger partial charge in [0, 0.05) is 47.3 Å². The van der Waals surface area contributed by atoms with Crippen molar-refractivity contribution in [2.45, 2.75) is 12.6 Å². The molecule has 0 spiro atoms. The Kier molecular flexibility index (Phi) is 5.19. The quantitative estimate of drug-likeness (QED) is 0.809. The Bertz CT molecular complexity index is 798. The number of methoxy groups -OCH3 is 1. The zero-order valence-corrected chi connectivity index (χ0v) is 14.7. The standard InChI is InChI=1S/C17H20N2O5S/c1-24-11-2-3-14-12(8-11)13(9-19(14)10-15(20)21)16(17(22)23)18-4-6-25-7-5-18/h2-3,8-9,16H,4-7,10H2,1H3,(H,20,21)(H,22,23)/t16-/m0/s1. The van der Waals surface area contributed by atoms with Gasteiger partial charge in [0.05, 0.1) is 7.11 Å². The fourth-order valence-electron chi connectivity index (χ4n) is 3.25. The number of aliphatic carboxylic acids is 2. The number of aromatic nitrogens is 1. The largest absolute Gasteiger partial charge is 0.497 e. The summed E-state index contributed by atoms with van der Waals surface area (Å²) in [7, 11) is 1.55. The molecule has 0 amide bonds. The lowest BCUT2D eigenvalue weighted by Gasteiger charge is -2.31. The fourth-order valence-corrected chi connectivity index (χ4v) is 4.18. The maximum atomic E-state index is 12.0. The molecule has 1 aliphatic heterocycles. The fraction of sp³-hybridized carbons (Fsp3) is 0.412. The molecular formula is C17H20N2O5S. The summed E-state index contributed by atoms with van der Waals surface area (Å²) < 4.78 is 6.85. The average molecular weight is 364 g/mol. The third-order valence-corrected chi connectivity index (χ3v) is 5.31. The van der Waals surface area contributed by atoms with Crippen LogP contribution in [0.2, 0.25) is 0 Å². The summed E-state index contributed by atoms with van der Waals surface area (Å²) in [6.45, 7) is 1.17. The Morgan fingerprint density at radius 1 is 1.28 bits per heavy atom. The minimum Gasteiger partial charge on any atom is -0.497 e. The van der Waals surface area contributed by atoms with E-state index < -0.39 is 18.0 Å². The van der Waals surface area contributed by atoms with E-state index in [1.54, 1.807) is 36.1 Å². The lowest BCUT2D eigenvalue weighted by Crippen LogP contribution is -2.39. The van der Waals surface area contributed by atoms with Crippen molar-refractivity contribution in [1.82, 2.24) is 9.47 Å². The molecule has 8 heteroatoms. The van der Waals surface area contributed by atoms with Crippen molar-refractivity contribution >= 4 is 34.6 Å². The molecule has 134 valence electrons. The molecule has 25 heavy (non-hydrogen) atoms. The minimum atomic E-state index is -0.972. The molecule has 0 unspecified atom stereocenters. The van der Waals surface area contributed by atoms with Crippen LogP contribution in [0, 0.1) is 0 Å². The van der Waals surface area contributed by atoms with Gasteiger partial charge in [-0.1, -0.05) is 0 Å². The van der Waals surface area contributed by atoms with Crippen molar-refractivity contribution in [3.05, 3.63) is 30.0 Å². The third kappa shape index (κ3) is 3.59. The molecule has 2 heterocycles. The summed E-state index contributed by atoms with van der Waals surface area (Å²) in [5.41, 5.74) is 1.30. The lowest BCUT2D eigenvalue weighted by molar-refractivity contribution is -0.143. The maximum absolute atomic E-state index is 12.0. The van der Waals surface area contributed by atoms with Gasteiger partial charge in [-0.3, -0.25) is 14.5 Å². The Morgan fingerprint density at radius 2 is 2.00 bits per heavy atom. The number of thioether (sulfide) groups is 1. The Morgan fingerprint density at radius 3 is 2.60 bits per heavy atom. The average Bonchev–Trinajstić information content (AvgIpc) is 2.92. The van der Waals surface area contributed by atoms with E-state index in [1.165, 1.54) is 0 Å². The van der Waals surface area contributed by atoms with Crippen LogP contribution < -0.4 is 4.74 Å². The van der Waals surface area contributed by atoms with Crippen LogP contribution in [0.3, 0.4) is 0 Å². The topological polar surface area (TPSA) is 92.0 Å². The zero-order valence-electron chi connectivity index (χ0n) is 13.8. The van der Waals surface area contributed by atoms with Gasteiger partial charge in [-0.25, -0.2) is 0 Å². The molecule has 2 N–H and O–H groups in total. The molecule has 1 saturated heterocycles. The van der Waals surface area contributed by atoms with Crippen LogP contribution in [-0.2, 0) is 16.1 Å². The monoisotopic (exact) mass is 364 g/mol. The van der Waals surface area contributed by atoms with E-state index >= 15 is 0 Å². The summed E-state index contributed by atoms with van der Waals surface area (Å²) in [6.07, 6.45) is 1.65. The van der Waals surface area contributed by atoms with Crippen LogP contribution >= 0.6 is 11.8 Å². The van der Waals surface area contributed by atoms with Gasteiger partial charge >= 0.3 is 11.9 Å². The van der Waals surface area contributed by atoms with Gasteiger partial charge in [0.15, 0.2) is 0 Å². The number of rotatable bonds is 6. The normalized spacial score (nSPS) is 16.7. The third-order valence-electron chi connectivity index (χ3n) is 4.36. The minimum absolute atomic E-state index is 0.217. The first-order valence-corrected chi connectivity index (χ1v) is 9.10. The second-order valence-electron chi connectivity index (χ2n) is 5.88. The van der Waals surface area contributed by atoms with E-state index in [1.807, 2.05) is 16.7 Å². The predicted octanol–water partition coefficient (Wildman–Crippen LogP) is 1.91. The van der Waals surface area contributed by atoms with Crippen molar-refractivity contribution in [3.63, 3.8) is 0 Å². The summed E-state index contributed by atoms with van der Waals surface area (Å²) >= 11 is 1.81. The number of hydrogen-bond donors (Lipinski definition) is 2. The number of hydrogen-bond acceptors (Lipinski definition) is 5. The molecule has 0 aliphatic carbocycles. The Hall–Kier alpha value is -2.19. The van der Waals surface area contributed by atoms with Crippen LogP contribution in [0.25, 0.3) is 10.9 Å². The highest BCUT2D eigenvalue weighted by Gasteiger charge is 2.31. The molecule has 1 fully saturated rings. The van der Waals surface area contributed by atoms with E-state index in [4.69, 9.17) is 9.84 Å². The van der Waals surface area contributed by atoms with Gasteiger partial charge in [0.2, 0.25) is 0 Å². The molecule has 1 aromatic carbocycles. The number of carboxylic acid groups (broad SMARTS) is 2. The van der Waals surface area contributed by atoms with Crippen LogP contribution in [0.5, 0.6) is 5.75 Å². The van der Waals surface area contributed by atoms with Gasteiger partial charge in [-0.2, -0.15) is 11.8 Å². The molecule has 1 atom stereocenters. The maximum Gasteiger partial charge on any atom is 0.325 e. The van der Waals surface area contributed by atoms with Gasteiger partial charge < -0.3 is 19.5 Å². The van der Waals surface area contributed by atoms with Crippen molar-refractivity contribution in [2.75, 3.05) is 31.7 Å². The summed E-state index contributed by atoms with van der Waals surface area (Å²) in [4.78, 5) is 25.1. The van der Waals surface area contributed by atoms with E-state index in [9.17, 15) is 14.7 Å². The molecule has 0 radical (unpaired) electrons.